The molecule has 4 rings (SSSR count). The summed E-state index contributed by atoms with van der Waals surface area (Å²) in [6, 6.07) is 17.3. The highest BCUT2D eigenvalue weighted by molar-refractivity contribution is 6.31. The average molecular weight is 451 g/mol. The summed E-state index contributed by atoms with van der Waals surface area (Å²) in [5, 5.41) is 0.743. The molecule has 2 heterocycles. The molecule has 0 saturated carbocycles. The molecule has 7 heteroatoms. The van der Waals surface area contributed by atoms with Gasteiger partial charge in [0.2, 0.25) is 0 Å². The van der Waals surface area contributed by atoms with Gasteiger partial charge in [-0.25, -0.2) is 9.97 Å². The fraction of sp³-hybridized carbons (Fsp3) is 0.320. The van der Waals surface area contributed by atoms with Gasteiger partial charge in [0.1, 0.15) is 17.4 Å². The van der Waals surface area contributed by atoms with Gasteiger partial charge in [0, 0.05) is 48.9 Å². The first-order chi connectivity index (χ1) is 15.5. The molecule has 32 heavy (non-hydrogen) atoms. The summed E-state index contributed by atoms with van der Waals surface area (Å²) >= 11 is 6.41. The highest BCUT2D eigenvalue weighted by Gasteiger charge is 2.25. The van der Waals surface area contributed by atoms with E-state index < -0.39 is 0 Å². The van der Waals surface area contributed by atoms with Gasteiger partial charge in [-0.1, -0.05) is 48.0 Å². The summed E-state index contributed by atoms with van der Waals surface area (Å²) < 4.78 is 5.62. The molecule has 1 fully saturated rings. The number of anilines is 1. The second-order valence-electron chi connectivity index (χ2n) is 7.90. The molecule has 1 aromatic heterocycles. The van der Waals surface area contributed by atoms with Crippen LogP contribution in [0.2, 0.25) is 5.02 Å². The van der Waals surface area contributed by atoms with Crippen molar-refractivity contribution in [2.75, 3.05) is 37.7 Å². The lowest BCUT2D eigenvalue weighted by Gasteiger charge is -2.36. The lowest BCUT2D eigenvalue weighted by atomic mass is 10.0. The summed E-state index contributed by atoms with van der Waals surface area (Å²) in [5.41, 5.74) is 3.09. The van der Waals surface area contributed by atoms with Crippen LogP contribution < -0.4 is 9.64 Å². The summed E-state index contributed by atoms with van der Waals surface area (Å²) in [7, 11) is 0. The number of rotatable bonds is 6. The van der Waals surface area contributed by atoms with Crippen LogP contribution in [0.3, 0.4) is 0 Å². The van der Waals surface area contributed by atoms with Crippen LogP contribution >= 0.6 is 11.6 Å². The number of aryl methyl sites for hydroxylation is 2. The van der Waals surface area contributed by atoms with Gasteiger partial charge in [-0.2, -0.15) is 0 Å². The number of carbonyl (C=O) groups excluding carboxylic acids is 1. The lowest BCUT2D eigenvalue weighted by Crippen LogP contribution is -2.50. The maximum Gasteiger partial charge on any atom is 0.260 e. The fourth-order valence-corrected chi connectivity index (χ4v) is 4.14. The Kier molecular flexibility index (Phi) is 6.90. The van der Waals surface area contributed by atoms with E-state index in [1.54, 1.807) is 0 Å². The molecule has 0 radical (unpaired) electrons. The van der Waals surface area contributed by atoms with E-state index >= 15 is 0 Å². The predicted octanol–water partition coefficient (Wildman–Crippen LogP) is 4.07. The van der Waals surface area contributed by atoms with Crippen molar-refractivity contribution in [1.29, 1.82) is 0 Å². The molecule has 0 aliphatic carbocycles. The van der Waals surface area contributed by atoms with Crippen LogP contribution in [0.25, 0.3) is 0 Å². The molecule has 0 N–H and O–H groups in total. The summed E-state index contributed by atoms with van der Waals surface area (Å²) in [6.07, 6.45) is 0.672. The van der Waals surface area contributed by atoms with Gasteiger partial charge in [-0.05, 0) is 37.6 Å². The number of benzene rings is 2. The number of aromatic nitrogens is 2. The first kappa shape index (κ1) is 22.1. The first-order valence-electron chi connectivity index (χ1n) is 10.8. The van der Waals surface area contributed by atoms with Gasteiger partial charge in [0.25, 0.3) is 5.91 Å². The topological polar surface area (TPSA) is 58.6 Å². The molecule has 2 aromatic carbocycles. The molecule has 0 bridgehead atoms. The van der Waals surface area contributed by atoms with Gasteiger partial charge in [0.05, 0.1) is 0 Å². The Hall–Kier alpha value is -3.12. The zero-order valence-electron chi connectivity index (χ0n) is 18.4. The third-order valence-electron chi connectivity index (χ3n) is 5.67. The number of carbonyl (C=O) groups is 1. The minimum absolute atomic E-state index is 0.000146. The molecular formula is C25H27ClN4O2. The third kappa shape index (κ3) is 5.19. The van der Waals surface area contributed by atoms with Gasteiger partial charge in [0.15, 0.2) is 6.61 Å². The number of ether oxygens (including phenoxy) is 1. The van der Waals surface area contributed by atoms with Crippen LogP contribution in [0.15, 0.2) is 54.6 Å². The van der Waals surface area contributed by atoms with Gasteiger partial charge in [-0.15, -0.1) is 0 Å². The van der Waals surface area contributed by atoms with Crippen molar-refractivity contribution < 1.29 is 9.53 Å². The Bertz CT molecular complexity index is 1080. The van der Waals surface area contributed by atoms with Crippen molar-refractivity contribution in [3.8, 4) is 5.75 Å². The molecule has 1 aliphatic heterocycles. The van der Waals surface area contributed by atoms with Crippen LogP contribution in [-0.2, 0) is 11.2 Å². The molecule has 1 aliphatic rings. The molecule has 1 amide bonds. The Morgan fingerprint density at radius 2 is 1.66 bits per heavy atom. The van der Waals surface area contributed by atoms with E-state index in [9.17, 15) is 4.79 Å². The van der Waals surface area contributed by atoms with E-state index in [2.05, 4.69) is 9.88 Å². The van der Waals surface area contributed by atoms with Crippen molar-refractivity contribution >= 4 is 23.3 Å². The Morgan fingerprint density at radius 1 is 0.969 bits per heavy atom. The van der Waals surface area contributed by atoms with Crippen LogP contribution in [-0.4, -0.2) is 53.6 Å². The minimum atomic E-state index is -0.000146. The molecule has 0 unspecified atom stereocenters. The SMILES string of the molecule is Cc1nc(C)c(Cc2ccccc2Cl)c(N2CCN(C(=O)COc3ccccc3)CC2)n1. The second-order valence-corrected chi connectivity index (χ2v) is 8.30. The van der Waals surface area contributed by atoms with Crippen LogP contribution in [0.1, 0.15) is 22.6 Å². The fourth-order valence-electron chi connectivity index (χ4n) is 3.94. The monoisotopic (exact) mass is 450 g/mol. The summed E-state index contributed by atoms with van der Waals surface area (Å²) in [6.45, 7) is 6.66. The van der Waals surface area contributed by atoms with Crippen molar-refractivity contribution in [2.24, 2.45) is 0 Å². The molecule has 0 atom stereocenters. The predicted molar refractivity (Wildman–Crippen MR) is 126 cm³/mol. The number of piperazine rings is 1. The largest absolute Gasteiger partial charge is 0.484 e. The van der Waals surface area contributed by atoms with E-state index in [1.165, 1.54) is 0 Å². The second kappa shape index (κ2) is 10.0. The molecule has 3 aromatic rings. The van der Waals surface area contributed by atoms with Crippen LogP contribution in [0, 0.1) is 13.8 Å². The molecular weight excluding hydrogens is 424 g/mol. The Balaban J connectivity index is 1.44. The van der Waals surface area contributed by atoms with Crippen molar-refractivity contribution in [1.82, 2.24) is 14.9 Å². The van der Waals surface area contributed by atoms with Crippen molar-refractivity contribution in [3.63, 3.8) is 0 Å². The van der Waals surface area contributed by atoms with Crippen molar-refractivity contribution in [2.45, 2.75) is 20.3 Å². The highest BCUT2D eigenvalue weighted by atomic mass is 35.5. The molecule has 1 saturated heterocycles. The summed E-state index contributed by atoms with van der Waals surface area (Å²) in [4.78, 5) is 26.1. The van der Waals surface area contributed by atoms with E-state index in [1.807, 2.05) is 73.3 Å². The lowest BCUT2D eigenvalue weighted by molar-refractivity contribution is -0.133. The van der Waals surface area contributed by atoms with Crippen LogP contribution in [0.5, 0.6) is 5.75 Å². The van der Waals surface area contributed by atoms with Crippen LogP contribution in [0.4, 0.5) is 5.82 Å². The molecule has 0 spiro atoms. The quantitative estimate of drug-likeness (QED) is 0.566. The van der Waals surface area contributed by atoms with Crippen molar-refractivity contribution in [3.05, 3.63) is 82.3 Å². The number of hydrogen-bond donors (Lipinski definition) is 0. The number of nitrogens with zero attached hydrogens (tertiary/aromatic N) is 4. The highest BCUT2D eigenvalue weighted by Crippen LogP contribution is 2.27. The van der Waals surface area contributed by atoms with E-state index in [-0.39, 0.29) is 12.5 Å². The van der Waals surface area contributed by atoms with Gasteiger partial charge < -0.3 is 14.5 Å². The normalized spacial score (nSPS) is 13.8. The first-order valence-corrected chi connectivity index (χ1v) is 11.2. The van der Waals surface area contributed by atoms with E-state index in [0.29, 0.717) is 38.3 Å². The van der Waals surface area contributed by atoms with E-state index in [4.69, 9.17) is 21.3 Å². The van der Waals surface area contributed by atoms with Gasteiger partial charge in [-0.3, -0.25) is 4.79 Å². The zero-order chi connectivity index (χ0) is 22.5. The minimum Gasteiger partial charge on any atom is -0.484 e. The van der Waals surface area contributed by atoms with E-state index in [0.717, 1.165) is 33.5 Å². The number of para-hydroxylation sites is 1. The maximum absolute atomic E-state index is 12.6. The number of amides is 1. The number of hydrogen-bond acceptors (Lipinski definition) is 5. The standard InChI is InChI=1S/C25H27ClN4O2/c1-18-22(16-20-8-6-7-11-23(20)26)25(28-19(2)27-18)30-14-12-29(13-15-30)24(31)17-32-21-9-4-3-5-10-21/h3-11H,12-17H2,1-2H3. The number of halogens is 1. The maximum atomic E-state index is 12.6. The summed E-state index contributed by atoms with van der Waals surface area (Å²) in [5.74, 6) is 2.38. The molecule has 6 nitrogen and oxygen atoms in total. The Morgan fingerprint density at radius 3 is 2.38 bits per heavy atom. The Labute approximate surface area is 193 Å². The van der Waals surface area contributed by atoms with Gasteiger partial charge >= 0.3 is 0 Å². The third-order valence-corrected chi connectivity index (χ3v) is 6.04. The average Bonchev–Trinajstić information content (AvgIpc) is 2.81. The molecule has 166 valence electrons. The zero-order valence-corrected chi connectivity index (χ0v) is 19.2. The smallest absolute Gasteiger partial charge is 0.260 e.